The lowest BCUT2D eigenvalue weighted by molar-refractivity contribution is -0.143. The summed E-state index contributed by atoms with van der Waals surface area (Å²) in [6.45, 7) is 0. The lowest BCUT2D eigenvalue weighted by atomic mass is 10.0. The Morgan fingerprint density at radius 3 is 2.40 bits per heavy atom. The molecule has 0 aliphatic carbocycles. The van der Waals surface area contributed by atoms with Gasteiger partial charge in [-0.15, -0.1) is 0 Å². The standard InChI is InChI=1S/C23H15Cl2F3N4O3/c1-32-20(11-5-3-2-4-6-11)31-17-13(9-12(24)10-14(17)21(32)33)19(23(26,27)28)29-15-7-8-16(25)30-18(15)22(34)35/h2-10,19,29H,1H3,(H,34,35). The van der Waals surface area contributed by atoms with Crippen LogP contribution in [0.3, 0.4) is 0 Å². The molecular formula is C23H15Cl2F3N4O3. The van der Waals surface area contributed by atoms with Gasteiger partial charge in [-0.3, -0.25) is 9.36 Å². The van der Waals surface area contributed by atoms with Gasteiger partial charge in [0.2, 0.25) is 0 Å². The van der Waals surface area contributed by atoms with Crippen LogP contribution in [0.25, 0.3) is 22.3 Å². The van der Waals surface area contributed by atoms with Gasteiger partial charge in [0, 0.05) is 23.2 Å². The van der Waals surface area contributed by atoms with E-state index in [9.17, 15) is 27.9 Å². The van der Waals surface area contributed by atoms with Gasteiger partial charge in [-0.05, 0) is 24.3 Å². The minimum atomic E-state index is -4.94. The van der Waals surface area contributed by atoms with Gasteiger partial charge in [-0.25, -0.2) is 14.8 Å². The number of nitrogens with one attached hydrogen (secondary N) is 1. The lowest BCUT2D eigenvalue weighted by Gasteiger charge is -2.25. The first-order valence-electron chi connectivity index (χ1n) is 9.96. The summed E-state index contributed by atoms with van der Waals surface area (Å²) in [7, 11) is 1.45. The number of pyridine rings is 1. The van der Waals surface area contributed by atoms with E-state index in [1.807, 2.05) is 0 Å². The maximum absolute atomic E-state index is 14.4. The fourth-order valence-electron chi connectivity index (χ4n) is 3.64. The zero-order valence-corrected chi connectivity index (χ0v) is 19.3. The molecule has 0 aliphatic rings. The molecule has 2 N–H and O–H groups in total. The summed E-state index contributed by atoms with van der Waals surface area (Å²) >= 11 is 11.8. The zero-order valence-electron chi connectivity index (χ0n) is 17.8. The molecule has 35 heavy (non-hydrogen) atoms. The monoisotopic (exact) mass is 522 g/mol. The Bertz CT molecular complexity index is 1510. The highest BCUT2D eigenvalue weighted by molar-refractivity contribution is 6.31. The molecule has 0 bridgehead atoms. The van der Waals surface area contributed by atoms with Crippen molar-refractivity contribution in [3.63, 3.8) is 0 Å². The van der Waals surface area contributed by atoms with Crippen LogP contribution in [0.1, 0.15) is 22.1 Å². The molecule has 4 aromatic rings. The summed E-state index contributed by atoms with van der Waals surface area (Å²) in [6.07, 6.45) is -4.94. The summed E-state index contributed by atoms with van der Waals surface area (Å²) in [6, 6.07) is 10.5. The van der Waals surface area contributed by atoms with Crippen molar-refractivity contribution in [1.29, 1.82) is 0 Å². The maximum Gasteiger partial charge on any atom is 0.412 e. The van der Waals surface area contributed by atoms with Crippen molar-refractivity contribution in [3.05, 3.63) is 86.4 Å². The minimum Gasteiger partial charge on any atom is -0.476 e. The molecule has 12 heteroatoms. The average molecular weight is 523 g/mol. The van der Waals surface area contributed by atoms with E-state index >= 15 is 0 Å². The number of aromatic nitrogens is 3. The largest absolute Gasteiger partial charge is 0.476 e. The highest BCUT2D eigenvalue weighted by atomic mass is 35.5. The molecule has 0 aliphatic heterocycles. The third-order valence-electron chi connectivity index (χ3n) is 5.21. The van der Waals surface area contributed by atoms with Crippen molar-refractivity contribution < 1.29 is 23.1 Å². The van der Waals surface area contributed by atoms with Crippen molar-refractivity contribution in [2.75, 3.05) is 5.32 Å². The van der Waals surface area contributed by atoms with Crippen LogP contribution in [0.2, 0.25) is 10.2 Å². The predicted molar refractivity (Wildman–Crippen MR) is 126 cm³/mol. The summed E-state index contributed by atoms with van der Waals surface area (Å²) in [5.74, 6) is -1.43. The number of rotatable bonds is 5. The smallest absolute Gasteiger partial charge is 0.412 e. The van der Waals surface area contributed by atoms with E-state index in [4.69, 9.17) is 23.2 Å². The van der Waals surface area contributed by atoms with Crippen LogP contribution in [-0.4, -0.2) is 31.8 Å². The molecule has 0 saturated heterocycles. The number of anilines is 1. The van der Waals surface area contributed by atoms with Gasteiger partial charge in [-0.1, -0.05) is 53.5 Å². The van der Waals surface area contributed by atoms with Crippen molar-refractivity contribution in [3.8, 4) is 11.4 Å². The van der Waals surface area contributed by atoms with Crippen molar-refractivity contribution in [2.45, 2.75) is 12.2 Å². The van der Waals surface area contributed by atoms with E-state index < -0.39 is 40.7 Å². The van der Waals surface area contributed by atoms with Crippen molar-refractivity contribution >= 4 is 45.8 Å². The number of carboxylic acid groups (broad SMARTS) is 1. The summed E-state index contributed by atoms with van der Waals surface area (Å²) in [4.78, 5) is 32.7. The first-order valence-corrected chi connectivity index (χ1v) is 10.7. The van der Waals surface area contributed by atoms with Gasteiger partial charge in [-0.2, -0.15) is 13.2 Å². The third kappa shape index (κ3) is 4.80. The maximum atomic E-state index is 14.4. The number of aromatic carboxylic acids is 1. The van der Waals surface area contributed by atoms with Gasteiger partial charge in [0.15, 0.2) is 11.7 Å². The van der Waals surface area contributed by atoms with E-state index in [0.717, 1.165) is 18.2 Å². The van der Waals surface area contributed by atoms with Gasteiger partial charge >= 0.3 is 12.1 Å². The Morgan fingerprint density at radius 2 is 1.77 bits per heavy atom. The number of hydrogen-bond donors (Lipinski definition) is 2. The average Bonchev–Trinajstić information content (AvgIpc) is 2.80. The second kappa shape index (κ2) is 9.20. The summed E-state index contributed by atoms with van der Waals surface area (Å²) in [5, 5.41) is 11.1. The van der Waals surface area contributed by atoms with Crippen molar-refractivity contribution in [1.82, 2.24) is 14.5 Å². The zero-order chi connectivity index (χ0) is 25.5. The van der Waals surface area contributed by atoms with Crippen LogP contribution in [0.5, 0.6) is 0 Å². The molecule has 1 unspecified atom stereocenters. The second-order valence-corrected chi connectivity index (χ2v) is 8.33. The Labute approximate surface area is 205 Å². The van der Waals surface area contributed by atoms with Crippen molar-refractivity contribution in [2.24, 2.45) is 7.05 Å². The van der Waals surface area contributed by atoms with E-state index in [1.54, 1.807) is 30.3 Å². The van der Waals surface area contributed by atoms with Gasteiger partial charge in [0.25, 0.3) is 5.56 Å². The molecule has 0 spiro atoms. The molecule has 7 nitrogen and oxygen atoms in total. The normalized spacial score (nSPS) is 12.5. The Hall–Kier alpha value is -3.63. The number of carbonyl (C=O) groups is 1. The molecule has 180 valence electrons. The Kier molecular flexibility index (Phi) is 6.44. The predicted octanol–water partition coefficient (Wildman–Crippen LogP) is 5.72. The first-order chi connectivity index (χ1) is 16.5. The number of nitrogens with zero attached hydrogens (tertiary/aromatic N) is 3. The van der Waals surface area contributed by atoms with E-state index in [1.165, 1.54) is 17.7 Å². The Balaban J connectivity index is 1.99. The van der Waals surface area contributed by atoms with Gasteiger partial charge in [0.05, 0.1) is 16.6 Å². The highest BCUT2D eigenvalue weighted by Crippen LogP contribution is 2.40. The van der Waals surface area contributed by atoms with Crippen LogP contribution in [0.4, 0.5) is 18.9 Å². The third-order valence-corrected chi connectivity index (χ3v) is 5.64. The SMILES string of the molecule is Cn1c(-c2ccccc2)nc2c(C(Nc3ccc(Cl)nc3C(=O)O)C(F)(F)F)cc(Cl)cc2c1=O. The van der Waals surface area contributed by atoms with Crippen LogP contribution in [0, 0.1) is 0 Å². The van der Waals surface area contributed by atoms with E-state index in [0.29, 0.717) is 5.56 Å². The number of fused-ring (bicyclic) bond motifs is 1. The number of benzene rings is 2. The van der Waals surface area contributed by atoms with Crippen LogP contribution >= 0.6 is 23.2 Å². The quantitative estimate of drug-likeness (QED) is 0.325. The summed E-state index contributed by atoms with van der Waals surface area (Å²) < 4.78 is 44.3. The molecule has 0 radical (unpaired) electrons. The summed E-state index contributed by atoms with van der Waals surface area (Å²) in [5.41, 5.74) is -1.90. The van der Waals surface area contributed by atoms with Crippen LogP contribution < -0.4 is 10.9 Å². The molecule has 2 aromatic heterocycles. The van der Waals surface area contributed by atoms with Crippen LogP contribution in [-0.2, 0) is 7.05 Å². The fourth-order valence-corrected chi connectivity index (χ4v) is 4.01. The highest BCUT2D eigenvalue weighted by Gasteiger charge is 2.43. The second-order valence-electron chi connectivity index (χ2n) is 7.51. The van der Waals surface area contributed by atoms with E-state index in [2.05, 4.69) is 15.3 Å². The Morgan fingerprint density at radius 1 is 1.09 bits per heavy atom. The number of alkyl halides is 3. The van der Waals surface area contributed by atoms with Crippen LogP contribution in [0.15, 0.2) is 59.4 Å². The molecular weight excluding hydrogens is 508 g/mol. The lowest BCUT2D eigenvalue weighted by Crippen LogP contribution is -2.30. The molecule has 2 heterocycles. The molecule has 4 rings (SSSR count). The number of hydrogen-bond acceptors (Lipinski definition) is 5. The molecule has 0 fully saturated rings. The molecule has 0 saturated carbocycles. The van der Waals surface area contributed by atoms with Gasteiger partial charge < -0.3 is 10.4 Å². The molecule has 1 atom stereocenters. The minimum absolute atomic E-state index is 0.123. The fraction of sp³-hybridized carbons (Fsp3) is 0.130. The topological polar surface area (TPSA) is 97.1 Å². The van der Waals surface area contributed by atoms with E-state index in [-0.39, 0.29) is 26.9 Å². The molecule has 0 amide bonds. The van der Waals surface area contributed by atoms with Gasteiger partial charge in [0.1, 0.15) is 11.0 Å². The molecule has 2 aromatic carbocycles. The number of halogens is 5. The number of carboxylic acids is 1. The first kappa shape index (κ1) is 24.5.